The highest BCUT2D eigenvalue weighted by atomic mass is 79.9. The first-order chi connectivity index (χ1) is 9.20. The minimum absolute atomic E-state index is 0.709. The predicted molar refractivity (Wildman–Crippen MR) is 81.9 cm³/mol. The molecule has 19 heavy (non-hydrogen) atoms. The van der Waals surface area contributed by atoms with Crippen LogP contribution >= 0.6 is 15.9 Å². The molecule has 0 radical (unpaired) electrons. The summed E-state index contributed by atoms with van der Waals surface area (Å²) in [6, 6.07) is 4.11. The van der Waals surface area contributed by atoms with Crippen molar-refractivity contribution in [2.24, 2.45) is 0 Å². The molecule has 0 amide bonds. The highest BCUT2D eigenvalue weighted by Gasteiger charge is 2.14. The van der Waals surface area contributed by atoms with E-state index in [0.29, 0.717) is 13.2 Å². The van der Waals surface area contributed by atoms with Crippen LogP contribution in [0.15, 0.2) is 22.2 Å². The van der Waals surface area contributed by atoms with E-state index < -0.39 is 0 Å². The topological polar surface area (TPSA) is 30.5 Å². The summed E-state index contributed by atoms with van der Waals surface area (Å²) in [4.78, 5) is 0. The quantitative estimate of drug-likeness (QED) is 0.917. The summed E-state index contributed by atoms with van der Waals surface area (Å²) < 4.78 is 12.4. The lowest BCUT2D eigenvalue weighted by molar-refractivity contribution is 0.296. The highest BCUT2D eigenvalue weighted by Crippen LogP contribution is 2.38. The van der Waals surface area contributed by atoms with Crippen LogP contribution in [0.5, 0.6) is 11.5 Å². The number of fused-ring (bicyclic) bond motifs is 1. The van der Waals surface area contributed by atoms with Crippen molar-refractivity contribution in [2.45, 2.75) is 20.3 Å². The Labute approximate surface area is 123 Å². The number of hydrogen-bond donors (Lipinski definition) is 1. The zero-order valence-corrected chi connectivity index (χ0v) is 13.0. The fraction of sp³-hybridized carbons (Fsp3) is 0.467. The second kappa shape index (κ2) is 6.96. The number of likely N-dealkylation sites (N-methyl/N-ethyl adjacent to an activating group) is 1. The molecule has 2 rings (SSSR count). The van der Waals surface area contributed by atoms with Gasteiger partial charge in [0.1, 0.15) is 0 Å². The average Bonchev–Trinajstić information content (AvgIpc) is 2.62. The molecule has 0 atom stereocenters. The maximum absolute atomic E-state index is 5.73. The smallest absolute Gasteiger partial charge is 0.175 e. The van der Waals surface area contributed by atoms with Gasteiger partial charge in [-0.3, -0.25) is 0 Å². The Morgan fingerprint density at radius 2 is 2.16 bits per heavy atom. The minimum atomic E-state index is 0.709. The molecule has 1 aliphatic heterocycles. The van der Waals surface area contributed by atoms with Gasteiger partial charge in [0.2, 0.25) is 0 Å². The van der Waals surface area contributed by atoms with Crippen molar-refractivity contribution in [2.75, 3.05) is 26.3 Å². The lowest BCUT2D eigenvalue weighted by Gasteiger charge is -2.11. The van der Waals surface area contributed by atoms with Crippen LogP contribution in [-0.2, 0) is 0 Å². The van der Waals surface area contributed by atoms with Crippen molar-refractivity contribution in [3.8, 4) is 11.5 Å². The van der Waals surface area contributed by atoms with E-state index in [1.54, 1.807) is 0 Å². The maximum Gasteiger partial charge on any atom is 0.175 e. The molecular formula is C15H20BrNO2. The van der Waals surface area contributed by atoms with Crippen LogP contribution in [0.3, 0.4) is 0 Å². The van der Waals surface area contributed by atoms with Crippen LogP contribution in [-0.4, -0.2) is 26.3 Å². The van der Waals surface area contributed by atoms with Gasteiger partial charge >= 0.3 is 0 Å². The number of ether oxygens (including phenoxy) is 2. The summed E-state index contributed by atoms with van der Waals surface area (Å²) in [5.74, 6) is 1.65. The van der Waals surface area contributed by atoms with Gasteiger partial charge in [-0.25, -0.2) is 0 Å². The van der Waals surface area contributed by atoms with Crippen molar-refractivity contribution in [3.63, 3.8) is 0 Å². The highest BCUT2D eigenvalue weighted by molar-refractivity contribution is 9.10. The fourth-order valence-electron chi connectivity index (χ4n) is 1.99. The van der Waals surface area contributed by atoms with Gasteiger partial charge in [0.15, 0.2) is 11.5 Å². The van der Waals surface area contributed by atoms with Crippen molar-refractivity contribution in [1.29, 1.82) is 0 Å². The molecular weight excluding hydrogens is 306 g/mol. The zero-order valence-electron chi connectivity index (χ0n) is 11.5. The summed E-state index contributed by atoms with van der Waals surface area (Å²) >= 11 is 3.56. The summed E-state index contributed by atoms with van der Waals surface area (Å²) in [5.41, 5.74) is 2.43. The van der Waals surface area contributed by atoms with Crippen LogP contribution in [0.4, 0.5) is 0 Å². The molecule has 0 fully saturated rings. The molecule has 1 N–H and O–H groups in total. The number of hydrogen-bond acceptors (Lipinski definition) is 3. The molecule has 0 bridgehead atoms. The predicted octanol–water partition coefficient (Wildman–Crippen LogP) is 3.62. The Morgan fingerprint density at radius 3 is 2.95 bits per heavy atom. The lowest BCUT2D eigenvalue weighted by Crippen LogP contribution is -2.14. The third-order valence-electron chi connectivity index (χ3n) is 2.89. The van der Waals surface area contributed by atoms with Gasteiger partial charge in [0.25, 0.3) is 0 Å². The first-order valence-corrected chi connectivity index (χ1v) is 7.47. The molecule has 3 nitrogen and oxygen atoms in total. The Hall–Kier alpha value is -1.00. The van der Waals surface area contributed by atoms with Crippen LogP contribution in [0.2, 0.25) is 0 Å². The Bertz CT molecular complexity index is 471. The van der Waals surface area contributed by atoms with E-state index in [2.05, 4.69) is 47.2 Å². The standard InChI is InChI=1S/C15H20BrNO2/c1-3-17-10-11(2)7-12-8-13(16)15-14(9-12)18-5-4-6-19-15/h7-9,17H,3-6,10H2,1-2H3. The van der Waals surface area contributed by atoms with Crippen molar-refractivity contribution in [3.05, 3.63) is 27.7 Å². The summed E-state index contributed by atoms with van der Waals surface area (Å²) in [6.45, 7) is 7.54. The summed E-state index contributed by atoms with van der Waals surface area (Å²) in [6.07, 6.45) is 3.09. The van der Waals surface area contributed by atoms with Gasteiger partial charge in [0, 0.05) is 13.0 Å². The second-order valence-corrected chi connectivity index (χ2v) is 5.51. The van der Waals surface area contributed by atoms with E-state index in [0.717, 1.165) is 41.0 Å². The molecule has 0 saturated carbocycles. The SMILES string of the molecule is CCNCC(C)=Cc1cc(Br)c2c(c1)OCCCO2. The molecule has 0 aliphatic carbocycles. The van der Waals surface area contributed by atoms with Crippen LogP contribution < -0.4 is 14.8 Å². The number of benzene rings is 1. The molecule has 0 spiro atoms. The van der Waals surface area contributed by atoms with Gasteiger partial charge in [-0.2, -0.15) is 0 Å². The molecule has 1 aliphatic rings. The summed E-state index contributed by atoms with van der Waals surface area (Å²) in [5, 5.41) is 3.32. The monoisotopic (exact) mass is 325 g/mol. The van der Waals surface area contributed by atoms with Crippen molar-refractivity contribution in [1.82, 2.24) is 5.32 Å². The van der Waals surface area contributed by atoms with E-state index in [1.807, 2.05) is 6.07 Å². The van der Waals surface area contributed by atoms with Crippen molar-refractivity contribution >= 4 is 22.0 Å². The van der Waals surface area contributed by atoms with Gasteiger partial charge in [-0.1, -0.05) is 18.6 Å². The number of halogens is 1. The molecule has 4 heteroatoms. The van der Waals surface area contributed by atoms with Crippen LogP contribution in [0.1, 0.15) is 25.8 Å². The second-order valence-electron chi connectivity index (χ2n) is 4.65. The minimum Gasteiger partial charge on any atom is -0.489 e. The molecule has 104 valence electrons. The maximum atomic E-state index is 5.73. The van der Waals surface area contributed by atoms with E-state index in [9.17, 15) is 0 Å². The third-order valence-corrected chi connectivity index (χ3v) is 3.48. The normalized spacial score (nSPS) is 15.2. The van der Waals surface area contributed by atoms with E-state index in [4.69, 9.17) is 9.47 Å². The zero-order chi connectivity index (χ0) is 13.7. The van der Waals surface area contributed by atoms with E-state index in [-0.39, 0.29) is 0 Å². The summed E-state index contributed by atoms with van der Waals surface area (Å²) in [7, 11) is 0. The fourth-order valence-corrected chi connectivity index (χ4v) is 2.57. The Balaban J connectivity index is 2.23. The average molecular weight is 326 g/mol. The lowest BCUT2D eigenvalue weighted by atomic mass is 10.1. The first-order valence-electron chi connectivity index (χ1n) is 6.67. The largest absolute Gasteiger partial charge is 0.489 e. The van der Waals surface area contributed by atoms with E-state index >= 15 is 0 Å². The molecule has 1 heterocycles. The number of rotatable bonds is 4. The molecule has 0 saturated heterocycles. The first kappa shape index (κ1) is 14.4. The Morgan fingerprint density at radius 1 is 1.37 bits per heavy atom. The molecule has 1 aromatic rings. The molecule has 0 aromatic heterocycles. The molecule has 0 unspecified atom stereocenters. The van der Waals surface area contributed by atoms with Crippen molar-refractivity contribution < 1.29 is 9.47 Å². The van der Waals surface area contributed by atoms with Gasteiger partial charge in [-0.05, 0) is 47.1 Å². The van der Waals surface area contributed by atoms with E-state index in [1.165, 1.54) is 5.57 Å². The number of nitrogens with one attached hydrogen (secondary N) is 1. The van der Waals surface area contributed by atoms with Crippen LogP contribution in [0, 0.1) is 0 Å². The molecule has 1 aromatic carbocycles. The van der Waals surface area contributed by atoms with Gasteiger partial charge < -0.3 is 14.8 Å². The van der Waals surface area contributed by atoms with Crippen LogP contribution in [0.25, 0.3) is 6.08 Å². The Kier molecular flexibility index (Phi) is 5.28. The third kappa shape index (κ3) is 3.98. The van der Waals surface area contributed by atoms with Gasteiger partial charge in [0.05, 0.1) is 17.7 Å². The van der Waals surface area contributed by atoms with Gasteiger partial charge in [-0.15, -0.1) is 0 Å².